The lowest BCUT2D eigenvalue weighted by molar-refractivity contribution is -0.131. The van der Waals surface area contributed by atoms with Crippen molar-refractivity contribution >= 4 is 5.78 Å². The van der Waals surface area contributed by atoms with Gasteiger partial charge in [-0.1, -0.05) is 0 Å². The van der Waals surface area contributed by atoms with Gasteiger partial charge in [-0.3, -0.25) is 4.79 Å². The first-order valence-electron chi connectivity index (χ1n) is 5.10. The largest absolute Gasteiger partial charge is 0.305 e. The minimum atomic E-state index is 0.329. The fourth-order valence-corrected chi connectivity index (χ4v) is 2.55. The van der Waals surface area contributed by atoms with Gasteiger partial charge in [-0.15, -0.1) is 0 Å². The lowest BCUT2D eigenvalue weighted by atomic mass is 9.83. The number of rotatable bonds is 0. The number of carbonyl (C=O) groups is 1. The predicted octanol–water partition coefficient (Wildman–Crippen LogP) is 0.211. The lowest BCUT2D eigenvalue weighted by Crippen LogP contribution is -2.56. The fourth-order valence-electron chi connectivity index (χ4n) is 2.55. The van der Waals surface area contributed by atoms with E-state index in [2.05, 4.69) is 23.9 Å². The van der Waals surface area contributed by atoms with Crippen molar-refractivity contribution in [2.45, 2.75) is 18.9 Å². The number of nitrogens with zero attached hydrogens (tertiary/aromatic N) is 2. The molecule has 0 bridgehead atoms. The first-order valence-corrected chi connectivity index (χ1v) is 5.10. The smallest absolute Gasteiger partial charge is 0.138 e. The minimum absolute atomic E-state index is 0.329. The Bertz CT molecular complexity index is 217. The van der Waals surface area contributed by atoms with Crippen molar-refractivity contribution in [3.05, 3.63) is 0 Å². The number of hydrogen-bond acceptors (Lipinski definition) is 3. The molecule has 2 saturated heterocycles. The number of Topliss-reactive ketones (excluding diaryl/α,β-unsaturated/α-hetero) is 1. The maximum atomic E-state index is 11.6. The van der Waals surface area contributed by atoms with Gasteiger partial charge in [0.25, 0.3) is 0 Å². The Balaban J connectivity index is 2.11. The van der Waals surface area contributed by atoms with Crippen LogP contribution in [0.1, 0.15) is 12.8 Å². The molecular formula is C10H18N2O. The molecule has 2 aliphatic heterocycles. The number of piperidine rings is 2. The zero-order valence-corrected chi connectivity index (χ0v) is 8.49. The van der Waals surface area contributed by atoms with Gasteiger partial charge in [0.1, 0.15) is 5.78 Å². The molecule has 0 spiro atoms. The van der Waals surface area contributed by atoms with E-state index in [1.165, 1.54) is 0 Å². The molecule has 74 valence electrons. The van der Waals surface area contributed by atoms with E-state index in [-0.39, 0.29) is 0 Å². The Morgan fingerprint density at radius 3 is 2.85 bits per heavy atom. The summed E-state index contributed by atoms with van der Waals surface area (Å²) in [4.78, 5) is 16.3. The molecule has 2 atom stereocenters. The lowest BCUT2D eigenvalue weighted by Gasteiger charge is -2.44. The molecular weight excluding hydrogens is 164 g/mol. The highest BCUT2D eigenvalue weighted by Crippen LogP contribution is 2.26. The third-order valence-corrected chi connectivity index (χ3v) is 3.48. The van der Waals surface area contributed by atoms with Crippen molar-refractivity contribution in [3.8, 4) is 0 Å². The van der Waals surface area contributed by atoms with E-state index >= 15 is 0 Å². The summed E-state index contributed by atoms with van der Waals surface area (Å²) in [5, 5.41) is 0. The molecule has 0 aromatic heterocycles. The summed E-state index contributed by atoms with van der Waals surface area (Å²) in [5.41, 5.74) is 0. The molecule has 2 heterocycles. The third kappa shape index (κ3) is 1.63. The van der Waals surface area contributed by atoms with Gasteiger partial charge in [0, 0.05) is 31.5 Å². The molecule has 2 aliphatic rings. The standard InChI is InChI=1S/C10H18N2O/c1-11-5-3-8-9(7-11)12(2)6-4-10(8)13/h8-9H,3-7H2,1-2H3. The van der Waals surface area contributed by atoms with Crippen LogP contribution in [0.25, 0.3) is 0 Å². The van der Waals surface area contributed by atoms with Gasteiger partial charge in [-0.2, -0.15) is 0 Å². The van der Waals surface area contributed by atoms with Crippen LogP contribution in [0.4, 0.5) is 0 Å². The van der Waals surface area contributed by atoms with Crippen LogP contribution in [0, 0.1) is 5.92 Å². The molecule has 2 unspecified atom stereocenters. The molecule has 3 nitrogen and oxygen atoms in total. The molecule has 3 heteroatoms. The van der Waals surface area contributed by atoms with E-state index in [1.54, 1.807) is 0 Å². The summed E-state index contributed by atoms with van der Waals surface area (Å²) in [5.74, 6) is 0.825. The van der Waals surface area contributed by atoms with Gasteiger partial charge in [0.15, 0.2) is 0 Å². The van der Waals surface area contributed by atoms with Gasteiger partial charge in [-0.05, 0) is 27.1 Å². The Kier molecular flexibility index (Phi) is 2.39. The summed E-state index contributed by atoms with van der Waals surface area (Å²) in [7, 11) is 4.28. The summed E-state index contributed by atoms with van der Waals surface area (Å²) >= 11 is 0. The van der Waals surface area contributed by atoms with E-state index in [4.69, 9.17) is 0 Å². The topological polar surface area (TPSA) is 23.6 Å². The van der Waals surface area contributed by atoms with Crippen LogP contribution in [0.2, 0.25) is 0 Å². The maximum Gasteiger partial charge on any atom is 0.138 e. The Morgan fingerprint density at radius 2 is 2.08 bits per heavy atom. The SMILES string of the molecule is CN1CCC2C(=O)CCN(C)C2C1. The van der Waals surface area contributed by atoms with Crippen LogP contribution in [-0.2, 0) is 4.79 Å². The molecule has 0 aromatic carbocycles. The average molecular weight is 182 g/mol. The van der Waals surface area contributed by atoms with E-state index in [9.17, 15) is 4.79 Å². The zero-order valence-electron chi connectivity index (χ0n) is 8.49. The van der Waals surface area contributed by atoms with Gasteiger partial charge >= 0.3 is 0 Å². The number of ketones is 1. The molecule has 0 N–H and O–H groups in total. The highest BCUT2D eigenvalue weighted by molar-refractivity contribution is 5.82. The van der Waals surface area contributed by atoms with Gasteiger partial charge in [-0.25, -0.2) is 0 Å². The second kappa shape index (κ2) is 3.39. The maximum absolute atomic E-state index is 11.6. The number of carbonyl (C=O) groups excluding carboxylic acids is 1. The van der Waals surface area contributed by atoms with Crippen LogP contribution < -0.4 is 0 Å². The van der Waals surface area contributed by atoms with Crippen LogP contribution in [-0.4, -0.2) is 55.4 Å². The molecule has 13 heavy (non-hydrogen) atoms. The van der Waals surface area contributed by atoms with Crippen LogP contribution in [0.5, 0.6) is 0 Å². The van der Waals surface area contributed by atoms with Gasteiger partial charge in [0.05, 0.1) is 0 Å². The van der Waals surface area contributed by atoms with Crippen molar-refractivity contribution in [2.75, 3.05) is 33.7 Å². The van der Waals surface area contributed by atoms with E-state index in [0.29, 0.717) is 17.7 Å². The van der Waals surface area contributed by atoms with Crippen molar-refractivity contribution < 1.29 is 4.79 Å². The molecule has 2 rings (SSSR count). The minimum Gasteiger partial charge on any atom is -0.305 e. The van der Waals surface area contributed by atoms with Crippen LogP contribution in [0.15, 0.2) is 0 Å². The Hall–Kier alpha value is -0.410. The van der Waals surface area contributed by atoms with Gasteiger partial charge in [0.2, 0.25) is 0 Å². The van der Waals surface area contributed by atoms with Crippen molar-refractivity contribution in [1.82, 2.24) is 9.80 Å². The molecule has 0 radical (unpaired) electrons. The van der Waals surface area contributed by atoms with Crippen molar-refractivity contribution in [3.63, 3.8) is 0 Å². The Labute approximate surface area is 79.7 Å². The van der Waals surface area contributed by atoms with Gasteiger partial charge < -0.3 is 9.80 Å². The zero-order chi connectivity index (χ0) is 9.42. The molecule has 0 aliphatic carbocycles. The van der Waals surface area contributed by atoms with Crippen molar-refractivity contribution in [1.29, 1.82) is 0 Å². The highest BCUT2D eigenvalue weighted by Gasteiger charge is 2.38. The summed E-state index contributed by atoms with van der Waals surface area (Å²) in [6, 6.07) is 0.486. The second-order valence-electron chi connectivity index (χ2n) is 4.42. The Morgan fingerprint density at radius 1 is 1.31 bits per heavy atom. The monoisotopic (exact) mass is 182 g/mol. The van der Waals surface area contributed by atoms with E-state index < -0.39 is 0 Å². The quantitative estimate of drug-likeness (QED) is 0.535. The third-order valence-electron chi connectivity index (χ3n) is 3.48. The van der Waals surface area contributed by atoms with Crippen LogP contribution in [0.3, 0.4) is 0 Å². The normalized spacial score (nSPS) is 37.5. The summed E-state index contributed by atoms with van der Waals surface area (Å²) in [6.07, 6.45) is 1.83. The summed E-state index contributed by atoms with van der Waals surface area (Å²) in [6.45, 7) is 3.10. The fraction of sp³-hybridized carbons (Fsp3) is 0.900. The van der Waals surface area contributed by atoms with Crippen LogP contribution >= 0.6 is 0 Å². The van der Waals surface area contributed by atoms with E-state index in [1.807, 2.05) is 0 Å². The number of hydrogen-bond donors (Lipinski definition) is 0. The summed E-state index contributed by atoms with van der Waals surface area (Å²) < 4.78 is 0. The predicted molar refractivity (Wildman–Crippen MR) is 51.6 cm³/mol. The average Bonchev–Trinajstić information content (AvgIpc) is 2.12. The first-order chi connectivity index (χ1) is 6.18. The number of fused-ring (bicyclic) bond motifs is 1. The number of likely N-dealkylation sites (N-methyl/N-ethyl adjacent to an activating group) is 2. The highest BCUT2D eigenvalue weighted by atomic mass is 16.1. The number of likely N-dealkylation sites (tertiary alicyclic amines) is 2. The molecule has 0 aromatic rings. The first kappa shape index (κ1) is 9.16. The molecule has 2 fully saturated rings. The second-order valence-corrected chi connectivity index (χ2v) is 4.42. The van der Waals surface area contributed by atoms with Crippen molar-refractivity contribution in [2.24, 2.45) is 5.92 Å². The molecule has 0 amide bonds. The van der Waals surface area contributed by atoms with E-state index in [0.717, 1.165) is 32.5 Å². The molecule has 0 saturated carbocycles.